The van der Waals surface area contributed by atoms with E-state index in [0.717, 1.165) is 5.56 Å². The fourth-order valence-corrected chi connectivity index (χ4v) is 3.32. The lowest BCUT2D eigenvalue weighted by Crippen LogP contribution is -2.22. The highest BCUT2D eigenvalue weighted by Gasteiger charge is 2.22. The van der Waals surface area contributed by atoms with Crippen molar-refractivity contribution in [3.8, 4) is 11.3 Å². The summed E-state index contributed by atoms with van der Waals surface area (Å²) >= 11 is 0. The summed E-state index contributed by atoms with van der Waals surface area (Å²) in [6.07, 6.45) is 0. The minimum atomic E-state index is -0.136. The van der Waals surface area contributed by atoms with Gasteiger partial charge in [-0.25, -0.2) is 0 Å². The predicted molar refractivity (Wildman–Crippen MR) is 111 cm³/mol. The van der Waals surface area contributed by atoms with Crippen LogP contribution in [0.25, 0.3) is 11.3 Å². The molecule has 0 saturated heterocycles. The molecule has 0 radical (unpaired) electrons. The van der Waals surface area contributed by atoms with Gasteiger partial charge < -0.3 is 14.5 Å². The van der Waals surface area contributed by atoms with Crippen LogP contribution in [0, 0.1) is 0 Å². The summed E-state index contributed by atoms with van der Waals surface area (Å²) in [7, 11) is 0. The van der Waals surface area contributed by atoms with E-state index < -0.39 is 0 Å². The summed E-state index contributed by atoms with van der Waals surface area (Å²) in [4.78, 5) is 2.12. The number of nitrogens with zero attached hydrogens (tertiary/aromatic N) is 2. The van der Waals surface area contributed by atoms with Gasteiger partial charge in [0.25, 0.3) is 0 Å². The van der Waals surface area contributed by atoms with Gasteiger partial charge in [-0.1, -0.05) is 96.2 Å². The van der Waals surface area contributed by atoms with Crippen LogP contribution < -0.4 is 4.90 Å². The molecule has 4 heteroatoms. The third-order valence-electron chi connectivity index (χ3n) is 4.69. The average molecular weight is 370 g/mol. The lowest BCUT2D eigenvalue weighted by atomic mass is 10.1. The number of hydrogen-bond acceptors (Lipinski definition) is 4. The van der Waals surface area contributed by atoms with Gasteiger partial charge >= 0.3 is 0 Å². The maximum absolute atomic E-state index is 10.1. The van der Waals surface area contributed by atoms with Gasteiger partial charge in [-0.05, 0) is 11.1 Å². The van der Waals surface area contributed by atoms with Crippen molar-refractivity contribution in [2.75, 3.05) is 4.90 Å². The van der Waals surface area contributed by atoms with Crippen LogP contribution in [0.5, 0.6) is 0 Å². The molecular weight excluding hydrogens is 348 g/mol. The van der Waals surface area contributed by atoms with Crippen LogP contribution >= 0.6 is 0 Å². The minimum absolute atomic E-state index is 0.136. The van der Waals surface area contributed by atoms with E-state index in [1.807, 2.05) is 66.7 Å². The molecule has 4 aromatic rings. The number of benzene rings is 3. The fraction of sp³-hybridized carbons (Fsp3) is 0.125. The first-order valence-corrected chi connectivity index (χ1v) is 9.33. The van der Waals surface area contributed by atoms with Crippen molar-refractivity contribution >= 4 is 5.88 Å². The number of aliphatic hydroxyl groups is 1. The molecular formula is C24H22N2O2. The van der Waals surface area contributed by atoms with E-state index in [2.05, 4.69) is 34.3 Å². The van der Waals surface area contributed by atoms with Crippen molar-refractivity contribution in [3.63, 3.8) is 0 Å². The van der Waals surface area contributed by atoms with Gasteiger partial charge in [-0.3, -0.25) is 0 Å². The van der Waals surface area contributed by atoms with Crippen LogP contribution in [0.1, 0.15) is 16.7 Å². The monoisotopic (exact) mass is 370 g/mol. The molecule has 4 rings (SSSR count). The third kappa shape index (κ3) is 3.97. The second-order valence-corrected chi connectivity index (χ2v) is 6.67. The molecule has 0 aliphatic heterocycles. The topological polar surface area (TPSA) is 49.5 Å². The summed E-state index contributed by atoms with van der Waals surface area (Å²) in [6.45, 7) is 1.18. The summed E-state index contributed by atoms with van der Waals surface area (Å²) in [5.74, 6) is 0.606. The Labute approximate surface area is 164 Å². The molecule has 0 spiro atoms. The number of rotatable bonds is 7. The fourth-order valence-electron chi connectivity index (χ4n) is 3.32. The minimum Gasteiger partial charge on any atom is -0.391 e. The summed E-state index contributed by atoms with van der Waals surface area (Å²) < 4.78 is 5.76. The van der Waals surface area contributed by atoms with E-state index in [1.54, 1.807) is 0 Å². The van der Waals surface area contributed by atoms with Gasteiger partial charge in [-0.15, -0.1) is 0 Å². The first kappa shape index (κ1) is 18.0. The normalized spacial score (nSPS) is 10.8. The Morgan fingerprint density at radius 3 is 1.71 bits per heavy atom. The Morgan fingerprint density at radius 1 is 0.714 bits per heavy atom. The largest absolute Gasteiger partial charge is 0.391 e. The first-order valence-electron chi connectivity index (χ1n) is 9.33. The molecule has 0 amide bonds. The van der Waals surface area contributed by atoms with Crippen molar-refractivity contribution in [1.82, 2.24) is 5.16 Å². The van der Waals surface area contributed by atoms with Gasteiger partial charge in [0.1, 0.15) is 5.69 Å². The molecule has 140 valence electrons. The van der Waals surface area contributed by atoms with E-state index in [-0.39, 0.29) is 6.61 Å². The van der Waals surface area contributed by atoms with Crippen LogP contribution in [-0.2, 0) is 19.7 Å². The average Bonchev–Trinajstić information content (AvgIpc) is 3.19. The molecule has 0 saturated carbocycles. The van der Waals surface area contributed by atoms with Gasteiger partial charge in [0.15, 0.2) is 0 Å². The van der Waals surface area contributed by atoms with Gasteiger partial charge in [0.2, 0.25) is 5.88 Å². The Morgan fingerprint density at radius 2 is 1.21 bits per heavy atom. The summed E-state index contributed by atoms with van der Waals surface area (Å²) in [5.41, 5.74) is 4.66. The van der Waals surface area contributed by atoms with Crippen LogP contribution in [0.15, 0.2) is 95.5 Å². The molecule has 28 heavy (non-hydrogen) atoms. The summed E-state index contributed by atoms with van der Waals surface area (Å²) in [6, 6.07) is 30.3. The molecule has 1 aromatic heterocycles. The first-order chi connectivity index (χ1) is 13.8. The quantitative estimate of drug-likeness (QED) is 0.495. The standard InChI is InChI=1S/C24H22N2O2/c27-18-22-23(21-14-8-3-9-15-21)25-28-24(22)26(16-19-10-4-1-5-11-19)17-20-12-6-2-7-13-20/h1-15,27H,16-18H2. The van der Waals surface area contributed by atoms with Crippen molar-refractivity contribution in [2.24, 2.45) is 0 Å². The number of anilines is 1. The van der Waals surface area contributed by atoms with E-state index in [9.17, 15) is 5.11 Å². The molecule has 1 heterocycles. The van der Waals surface area contributed by atoms with Gasteiger partial charge in [0.05, 0.1) is 12.2 Å². The highest BCUT2D eigenvalue weighted by molar-refractivity contribution is 5.68. The molecule has 4 nitrogen and oxygen atoms in total. The lowest BCUT2D eigenvalue weighted by Gasteiger charge is -2.23. The van der Waals surface area contributed by atoms with E-state index in [4.69, 9.17) is 4.52 Å². The highest BCUT2D eigenvalue weighted by Crippen LogP contribution is 2.33. The van der Waals surface area contributed by atoms with Crippen molar-refractivity contribution in [1.29, 1.82) is 0 Å². The predicted octanol–water partition coefficient (Wildman–Crippen LogP) is 5.04. The van der Waals surface area contributed by atoms with Gasteiger partial charge in [-0.2, -0.15) is 0 Å². The summed E-state index contributed by atoms with van der Waals surface area (Å²) in [5, 5.41) is 14.4. The second kappa shape index (κ2) is 8.55. The number of aromatic nitrogens is 1. The smallest absolute Gasteiger partial charge is 0.234 e. The molecule has 0 aliphatic rings. The van der Waals surface area contributed by atoms with Crippen LogP contribution in [-0.4, -0.2) is 10.3 Å². The Hall–Kier alpha value is -3.37. The maximum atomic E-state index is 10.1. The Kier molecular flexibility index (Phi) is 5.50. The van der Waals surface area contributed by atoms with E-state index >= 15 is 0 Å². The third-order valence-corrected chi connectivity index (χ3v) is 4.69. The zero-order valence-electron chi connectivity index (χ0n) is 15.5. The molecule has 1 N–H and O–H groups in total. The van der Waals surface area contributed by atoms with Gasteiger partial charge in [0, 0.05) is 18.7 Å². The zero-order chi connectivity index (χ0) is 19.2. The molecule has 0 bridgehead atoms. The van der Waals surface area contributed by atoms with Crippen LogP contribution in [0.2, 0.25) is 0 Å². The van der Waals surface area contributed by atoms with Crippen molar-refractivity contribution < 1.29 is 9.63 Å². The molecule has 0 atom stereocenters. The molecule has 0 unspecified atom stereocenters. The van der Waals surface area contributed by atoms with Crippen molar-refractivity contribution in [2.45, 2.75) is 19.7 Å². The van der Waals surface area contributed by atoms with E-state index in [0.29, 0.717) is 30.2 Å². The van der Waals surface area contributed by atoms with E-state index in [1.165, 1.54) is 11.1 Å². The number of hydrogen-bond donors (Lipinski definition) is 1. The van der Waals surface area contributed by atoms with Crippen LogP contribution in [0.3, 0.4) is 0 Å². The maximum Gasteiger partial charge on any atom is 0.234 e. The molecule has 0 fully saturated rings. The Balaban J connectivity index is 1.72. The molecule has 3 aromatic carbocycles. The lowest BCUT2D eigenvalue weighted by molar-refractivity contribution is 0.281. The van der Waals surface area contributed by atoms with Crippen LogP contribution in [0.4, 0.5) is 5.88 Å². The zero-order valence-corrected chi connectivity index (χ0v) is 15.5. The number of aliphatic hydroxyl groups excluding tert-OH is 1. The highest BCUT2D eigenvalue weighted by atomic mass is 16.5. The molecule has 0 aliphatic carbocycles. The van der Waals surface area contributed by atoms with Crippen molar-refractivity contribution in [3.05, 3.63) is 108 Å². The SMILES string of the molecule is OCc1c(-c2ccccc2)noc1N(Cc1ccccc1)Cc1ccccc1. The second-order valence-electron chi connectivity index (χ2n) is 6.67. The Bertz CT molecular complexity index is 957.